The van der Waals surface area contributed by atoms with Crippen LogP contribution in [0.5, 0.6) is 0 Å². The summed E-state index contributed by atoms with van der Waals surface area (Å²) in [6, 6.07) is 7.32. The van der Waals surface area contributed by atoms with Gasteiger partial charge >= 0.3 is 0 Å². The molecular formula is C20H27N3O3S. The highest BCUT2D eigenvalue weighted by Crippen LogP contribution is 2.23. The number of rotatable bonds is 4. The molecule has 0 saturated carbocycles. The lowest BCUT2D eigenvalue weighted by atomic mass is 10.1. The second kappa shape index (κ2) is 7.86. The molecule has 1 aromatic heterocycles. The van der Waals surface area contributed by atoms with Crippen molar-refractivity contribution in [3.8, 4) is 0 Å². The number of carbonyl (C=O) groups excluding carboxylic acids is 1. The van der Waals surface area contributed by atoms with Gasteiger partial charge in [0.05, 0.1) is 0 Å². The quantitative estimate of drug-likeness (QED) is 0.870. The molecule has 27 heavy (non-hydrogen) atoms. The van der Waals surface area contributed by atoms with E-state index in [1.807, 2.05) is 32.0 Å². The summed E-state index contributed by atoms with van der Waals surface area (Å²) in [4.78, 5) is 12.9. The number of anilines is 1. The minimum atomic E-state index is -3.58. The molecule has 1 saturated heterocycles. The van der Waals surface area contributed by atoms with Crippen molar-refractivity contribution < 1.29 is 13.2 Å². The Balaban J connectivity index is 1.85. The Morgan fingerprint density at radius 2 is 1.70 bits per heavy atom. The highest BCUT2D eigenvalue weighted by atomic mass is 32.2. The molecule has 0 radical (unpaired) electrons. The molecule has 0 aliphatic carbocycles. The van der Waals surface area contributed by atoms with Crippen LogP contribution < -0.4 is 5.32 Å². The Bertz CT molecular complexity index is 939. The summed E-state index contributed by atoms with van der Waals surface area (Å²) in [5.41, 5.74) is 3.07. The van der Waals surface area contributed by atoms with Gasteiger partial charge in [-0.25, -0.2) is 8.42 Å². The molecule has 0 unspecified atom stereocenters. The van der Waals surface area contributed by atoms with Crippen LogP contribution in [-0.2, 0) is 17.1 Å². The van der Waals surface area contributed by atoms with Gasteiger partial charge in [0.2, 0.25) is 10.0 Å². The number of benzene rings is 1. The normalized spacial score (nSPS) is 16.1. The Morgan fingerprint density at radius 3 is 2.37 bits per heavy atom. The molecule has 6 nitrogen and oxygen atoms in total. The summed E-state index contributed by atoms with van der Waals surface area (Å²) >= 11 is 0. The van der Waals surface area contributed by atoms with Crippen LogP contribution in [0.3, 0.4) is 0 Å². The Kier molecular flexibility index (Phi) is 5.72. The Morgan fingerprint density at radius 1 is 1.04 bits per heavy atom. The summed E-state index contributed by atoms with van der Waals surface area (Å²) in [6.07, 6.45) is 5.41. The Hall–Kier alpha value is -2.12. The highest BCUT2D eigenvalue weighted by Gasteiger charge is 2.28. The first kappa shape index (κ1) is 19.6. The van der Waals surface area contributed by atoms with Crippen LogP contribution in [0.2, 0.25) is 0 Å². The van der Waals surface area contributed by atoms with Gasteiger partial charge in [-0.15, -0.1) is 0 Å². The summed E-state index contributed by atoms with van der Waals surface area (Å²) in [6.45, 7) is 4.97. The number of nitrogens with zero attached hydrogens (tertiary/aromatic N) is 2. The van der Waals surface area contributed by atoms with E-state index in [1.54, 1.807) is 15.9 Å². The summed E-state index contributed by atoms with van der Waals surface area (Å²) in [5, 5.41) is 2.89. The van der Waals surface area contributed by atoms with Gasteiger partial charge in [-0.1, -0.05) is 25.0 Å². The molecule has 1 amide bonds. The number of carbonyl (C=O) groups is 1. The first-order valence-corrected chi connectivity index (χ1v) is 10.8. The van der Waals surface area contributed by atoms with Crippen molar-refractivity contribution in [2.24, 2.45) is 7.05 Å². The third-order valence-corrected chi connectivity index (χ3v) is 6.92. The fraction of sp³-hybridized carbons (Fsp3) is 0.450. The van der Waals surface area contributed by atoms with Crippen LogP contribution in [0.15, 0.2) is 35.4 Å². The predicted octanol–water partition coefficient (Wildman–Crippen LogP) is 3.46. The first-order chi connectivity index (χ1) is 12.8. The molecule has 3 rings (SSSR count). The number of amides is 1. The molecular weight excluding hydrogens is 362 g/mol. The molecule has 7 heteroatoms. The maximum atomic E-state index is 13.0. The largest absolute Gasteiger partial charge is 0.345 e. The maximum absolute atomic E-state index is 13.0. The summed E-state index contributed by atoms with van der Waals surface area (Å²) < 4.78 is 29.1. The van der Waals surface area contributed by atoms with Gasteiger partial charge in [0.1, 0.15) is 10.6 Å². The smallest absolute Gasteiger partial charge is 0.272 e. The average molecular weight is 390 g/mol. The fourth-order valence-corrected chi connectivity index (χ4v) is 4.98. The van der Waals surface area contributed by atoms with Gasteiger partial charge < -0.3 is 9.88 Å². The van der Waals surface area contributed by atoms with Crippen molar-refractivity contribution in [2.75, 3.05) is 18.4 Å². The number of aryl methyl sites for hydroxylation is 3. The zero-order valence-electron chi connectivity index (χ0n) is 16.2. The predicted molar refractivity (Wildman–Crippen MR) is 107 cm³/mol. The van der Waals surface area contributed by atoms with Crippen LogP contribution in [0.4, 0.5) is 5.69 Å². The van der Waals surface area contributed by atoms with Gasteiger partial charge in [-0.2, -0.15) is 4.31 Å². The molecule has 1 aliphatic heterocycles. The van der Waals surface area contributed by atoms with Gasteiger partial charge in [0.25, 0.3) is 5.91 Å². The maximum Gasteiger partial charge on any atom is 0.272 e. The SMILES string of the molecule is Cc1ccc(C)c(NC(=O)c2cc(S(=O)(=O)N3CCCCCC3)cn2C)c1. The van der Waals surface area contributed by atoms with E-state index in [4.69, 9.17) is 0 Å². The molecule has 1 aromatic carbocycles. The molecule has 146 valence electrons. The average Bonchev–Trinajstić information content (AvgIpc) is 2.83. The lowest BCUT2D eigenvalue weighted by Gasteiger charge is -2.18. The van der Waals surface area contributed by atoms with Gasteiger partial charge in [-0.05, 0) is 49.9 Å². The fourth-order valence-electron chi connectivity index (χ4n) is 3.39. The third kappa shape index (κ3) is 4.25. The number of nitrogens with one attached hydrogen (secondary N) is 1. The lowest BCUT2D eigenvalue weighted by molar-refractivity contribution is 0.101. The van der Waals surface area contributed by atoms with Crippen molar-refractivity contribution in [2.45, 2.75) is 44.4 Å². The monoisotopic (exact) mass is 389 g/mol. The molecule has 0 bridgehead atoms. The van der Waals surface area contributed by atoms with Crippen LogP contribution in [0.25, 0.3) is 0 Å². The summed E-state index contributed by atoms with van der Waals surface area (Å²) in [7, 11) is -1.88. The molecule has 0 atom stereocenters. The highest BCUT2D eigenvalue weighted by molar-refractivity contribution is 7.89. The number of hydrogen-bond donors (Lipinski definition) is 1. The van der Waals surface area contributed by atoms with E-state index < -0.39 is 10.0 Å². The van der Waals surface area contributed by atoms with E-state index in [-0.39, 0.29) is 10.8 Å². The molecule has 1 fully saturated rings. The minimum absolute atomic E-state index is 0.179. The van der Waals surface area contributed by atoms with Crippen molar-refractivity contribution in [3.05, 3.63) is 47.3 Å². The zero-order valence-corrected chi connectivity index (χ0v) is 17.0. The van der Waals surface area contributed by atoms with E-state index in [1.165, 1.54) is 12.3 Å². The zero-order chi connectivity index (χ0) is 19.6. The van der Waals surface area contributed by atoms with Gasteiger partial charge in [0, 0.05) is 32.0 Å². The van der Waals surface area contributed by atoms with Crippen LogP contribution >= 0.6 is 0 Å². The third-order valence-electron chi connectivity index (χ3n) is 5.06. The molecule has 2 heterocycles. The van der Waals surface area contributed by atoms with Crippen molar-refractivity contribution in [1.29, 1.82) is 0 Å². The van der Waals surface area contributed by atoms with Gasteiger partial charge in [-0.3, -0.25) is 4.79 Å². The van der Waals surface area contributed by atoms with Crippen LogP contribution in [0, 0.1) is 13.8 Å². The minimum Gasteiger partial charge on any atom is -0.345 e. The molecule has 1 N–H and O–H groups in total. The van der Waals surface area contributed by atoms with Crippen LogP contribution in [-0.4, -0.2) is 36.3 Å². The van der Waals surface area contributed by atoms with E-state index in [0.717, 1.165) is 42.5 Å². The number of aromatic nitrogens is 1. The van der Waals surface area contributed by atoms with Crippen LogP contribution in [0.1, 0.15) is 47.3 Å². The van der Waals surface area contributed by atoms with Gasteiger partial charge in [0.15, 0.2) is 0 Å². The second-order valence-corrected chi connectivity index (χ2v) is 9.20. The first-order valence-electron chi connectivity index (χ1n) is 9.34. The number of hydrogen-bond acceptors (Lipinski definition) is 3. The standard InChI is InChI=1S/C20H27N3O3S/c1-15-8-9-16(2)18(12-15)21-20(24)19-13-17(14-22(19)3)27(25,26)23-10-6-4-5-7-11-23/h8-9,12-14H,4-7,10-11H2,1-3H3,(H,21,24). The molecule has 0 spiro atoms. The van der Waals surface area contributed by atoms with Crippen molar-refractivity contribution >= 4 is 21.6 Å². The molecule has 1 aliphatic rings. The van der Waals surface area contributed by atoms with Crippen molar-refractivity contribution in [3.63, 3.8) is 0 Å². The molecule has 2 aromatic rings. The second-order valence-electron chi connectivity index (χ2n) is 7.26. The van der Waals surface area contributed by atoms with E-state index in [0.29, 0.717) is 18.8 Å². The van der Waals surface area contributed by atoms with Crippen molar-refractivity contribution in [1.82, 2.24) is 8.87 Å². The van der Waals surface area contributed by atoms with E-state index >= 15 is 0 Å². The topological polar surface area (TPSA) is 71.4 Å². The van der Waals surface area contributed by atoms with E-state index in [2.05, 4.69) is 5.32 Å². The Labute approximate surface area is 161 Å². The summed E-state index contributed by atoms with van der Waals surface area (Å²) in [5.74, 6) is -0.316. The lowest BCUT2D eigenvalue weighted by Crippen LogP contribution is -2.31. The number of sulfonamides is 1. The van der Waals surface area contributed by atoms with E-state index in [9.17, 15) is 13.2 Å².